The number of aromatic nitrogens is 2. The fraction of sp³-hybridized carbons (Fsp3) is 0.364. The first-order valence-corrected chi connectivity index (χ1v) is 14.5. The van der Waals surface area contributed by atoms with Crippen molar-refractivity contribution in [2.75, 3.05) is 44.4 Å². The zero-order valence-corrected chi connectivity index (χ0v) is 23.4. The molecule has 3 fully saturated rings. The van der Waals surface area contributed by atoms with E-state index in [2.05, 4.69) is 44.8 Å². The van der Waals surface area contributed by atoms with Gasteiger partial charge in [0.25, 0.3) is 5.91 Å². The van der Waals surface area contributed by atoms with E-state index >= 15 is 0 Å². The van der Waals surface area contributed by atoms with Gasteiger partial charge >= 0.3 is 0 Å². The Balaban J connectivity index is 1.19. The van der Waals surface area contributed by atoms with Crippen molar-refractivity contribution in [3.8, 4) is 16.9 Å². The van der Waals surface area contributed by atoms with Crippen LogP contribution in [0.25, 0.3) is 22.0 Å². The Morgan fingerprint density at radius 1 is 1.12 bits per heavy atom. The van der Waals surface area contributed by atoms with Gasteiger partial charge in [-0.2, -0.15) is 0 Å². The summed E-state index contributed by atoms with van der Waals surface area (Å²) in [5, 5.41) is 7.83. The molecule has 0 bridgehead atoms. The minimum absolute atomic E-state index is 0.0781. The van der Waals surface area contributed by atoms with Crippen LogP contribution in [0.4, 0.5) is 5.69 Å². The van der Waals surface area contributed by atoms with Gasteiger partial charge in [-0.1, -0.05) is 12.1 Å². The van der Waals surface area contributed by atoms with Crippen LogP contribution in [0.2, 0.25) is 0 Å². The van der Waals surface area contributed by atoms with Crippen LogP contribution in [0, 0.1) is 6.92 Å². The standard InChI is InChI=1S/C33H35N5O3/c1-22-4-5-27(41-21-25-6-10-35-25)18-29(22)32(39)37-33(7-8-33)30-16-23(17-31-28(30)3-2-9-36-31)24-15-26(20-34-19-24)38-11-13-40-14-12-38/h2-5,9,15-20,25,35H,6-8,10-14,21H2,1H3,(H,37,39)/t25-/m0/s1. The third-order valence-electron chi connectivity index (χ3n) is 8.60. The van der Waals surface area contributed by atoms with Crippen molar-refractivity contribution in [3.63, 3.8) is 0 Å². The van der Waals surface area contributed by atoms with Gasteiger partial charge < -0.3 is 25.0 Å². The highest BCUT2D eigenvalue weighted by molar-refractivity contribution is 5.98. The molecule has 2 aliphatic heterocycles. The summed E-state index contributed by atoms with van der Waals surface area (Å²) in [4.78, 5) is 25.3. The van der Waals surface area contributed by atoms with Crippen molar-refractivity contribution in [2.45, 2.75) is 37.8 Å². The van der Waals surface area contributed by atoms with E-state index in [1.807, 2.05) is 49.8 Å². The summed E-state index contributed by atoms with van der Waals surface area (Å²) in [6.07, 6.45) is 8.52. The van der Waals surface area contributed by atoms with Crippen LogP contribution in [0.15, 0.2) is 67.1 Å². The van der Waals surface area contributed by atoms with Crippen LogP contribution in [0.5, 0.6) is 5.75 Å². The predicted octanol–water partition coefficient (Wildman–Crippen LogP) is 4.60. The number of carbonyl (C=O) groups is 1. The molecule has 210 valence electrons. The molecular weight excluding hydrogens is 514 g/mol. The second-order valence-electron chi connectivity index (χ2n) is 11.4. The van der Waals surface area contributed by atoms with Gasteiger partial charge in [-0.15, -0.1) is 0 Å². The number of hydrogen-bond donors (Lipinski definition) is 2. The number of hydrogen-bond acceptors (Lipinski definition) is 7. The van der Waals surface area contributed by atoms with E-state index < -0.39 is 5.54 Å². The van der Waals surface area contributed by atoms with Crippen LogP contribution < -0.4 is 20.3 Å². The summed E-state index contributed by atoms with van der Waals surface area (Å²) >= 11 is 0. The number of anilines is 1. The van der Waals surface area contributed by atoms with E-state index in [4.69, 9.17) is 14.5 Å². The first kappa shape index (κ1) is 25.9. The van der Waals surface area contributed by atoms with Crippen LogP contribution >= 0.6 is 0 Å². The van der Waals surface area contributed by atoms with Crippen LogP contribution in [0.1, 0.15) is 40.7 Å². The molecule has 8 nitrogen and oxygen atoms in total. The number of ether oxygens (including phenoxy) is 2. The number of amides is 1. The van der Waals surface area contributed by atoms with Gasteiger partial charge in [0, 0.05) is 48.0 Å². The lowest BCUT2D eigenvalue weighted by molar-refractivity contribution is 0.0930. The summed E-state index contributed by atoms with van der Waals surface area (Å²) in [6.45, 7) is 6.79. The quantitative estimate of drug-likeness (QED) is 0.332. The molecule has 41 heavy (non-hydrogen) atoms. The average Bonchev–Trinajstić information content (AvgIpc) is 3.77. The molecule has 0 radical (unpaired) electrons. The Labute approximate surface area is 240 Å². The van der Waals surface area contributed by atoms with Crippen molar-refractivity contribution in [1.29, 1.82) is 0 Å². The van der Waals surface area contributed by atoms with Crippen molar-refractivity contribution < 1.29 is 14.3 Å². The maximum atomic E-state index is 13.7. The van der Waals surface area contributed by atoms with E-state index in [1.165, 1.54) is 0 Å². The van der Waals surface area contributed by atoms with E-state index in [1.54, 1.807) is 0 Å². The van der Waals surface area contributed by atoms with Gasteiger partial charge in [0.2, 0.25) is 0 Å². The lowest BCUT2D eigenvalue weighted by Gasteiger charge is -2.28. The van der Waals surface area contributed by atoms with Gasteiger partial charge in [-0.25, -0.2) is 0 Å². The topological polar surface area (TPSA) is 88.6 Å². The zero-order chi connectivity index (χ0) is 27.8. The fourth-order valence-electron chi connectivity index (χ4n) is 5.82. The molecule has 2 N–H and O–H groups in total. The second kappa shape index (κ2) is 10.8. The van der Waals surface area contributed by atoms with Crippen LogP contribution in [0.3, 0.4) is 0 Å². The number of nitrogens with zero attached hydrogens (tertiary/aromatic N) is 3. The Hall–Kier alpha value is -4.01. The third-order valence-corrected chi connectivity index (χ3v) is 8.60. The van der Waals surface area contributed by atoms with Crippen molar-refractivity contribution in [2.24, 2.45) is 0 Å². The summed E-state index contributed by atoms with van der Waals surface area (Å²) in [5.74, 6) is 0.647. The van der Waals surface area contributed by atoms with Crippen LogP contribution in [-0.2, 0) is 10.3 Å². The van der Waals surface area contributed by atoms with E-state index in [9.17, 15) is 4.79 Å². The second-order valence-corrected chi connectivity index (χ2v) is 11.4. The van der Waals surface area contributed by atoms with Gasteiger partial charge in [0.1, 0.15) is 12.4 Å². The number of carbonyl (C=O) groups excluding carboxylic acids is 1. The number of morpholine rings is 1. The molecule has 2 saturated heterocycles. The molecular formula is C33H35N5O3. The molecule has 1 saturated carbocycles. The van der Waals surface area contributed by atoms with Crippen molar-refractivity contribution in [3.05, 3.63) is 83.8 Å². The average molecular weight is 550 g/mol. The zero-order valence-electron chi connectivity index (χ0n) is 23.4. The van der Waals surface area contributed by atoms with Crippen molar-refractivity contribution in [1.82, 2.24) is 20.6 Å². The number of fused-ring (bicyclic) bond motifs is 1. The summed E-state index contributed by atoms with van der Waals surface area (Å²) in [7, 11) is 0. The molecule has 4 heterocycles. The monoisotopic (exact) mass is 549 g/mol. The molecule has 0 unspecified atom stereocenters. The Morgan fingerprint density at radius 2 is 1.98 bits per heavy atom. The summed E-state index contributed by atoms with van der Waals surface area (Å²) in [5.41, 5.74) is 6.32. The van der Waals surface area contributed by atoms with Gasteiger partial charge in [0.05, 0.1) is 36.2 Å². The van der Waals surface area contributed by atoms with E-state index in [0.29, 0.717) is 18.2 Å². The number of benzene rings is 2. The Bertz CT molecular complexity index is 1590. The highest BCUT2D eigenvalue weighted by Crippen LogP contribution is 2.49. The van der Waals surface area contributed by atoms with E-state index in [0.717, 1.165) is 96.7 Å². The molecule has 1 aliphatic carbocycles. The maximum absolute atomic E-state index is 13.7. The highest BCUT2D eigenvalue weighted by Gasteiger charge is 2.47. The number of nitrogens with one attached hydrogen (secondary N) is 2. The maximum Gasteiger partial charge on any atom is 0.252 e. The van der Waals surface area contributed by atoms with Crippen molar-refractivity contribution >= 4 is 22.5 Å². The van der Waals surface area contributed by atoms with E-state index in [-0.39, 0.29) is 5.91 Å². The van der Waals surface area contributed by atoms with Gasteiger partial charge in [-0.3, -0.25) is 14.8 Å². The lowest BCUT2D eigenvalue weighted by atomic mass is 9.93. The lowest BCUT2D eigenvalue weighted by Crippen LogP contribution is -2.46. The Kier molecular flexibility index (Phi) is 6.80. The number of rotatable bonds is 8. The SMILES string of the molecule is Cc1ccc(OC[C@@H]2CCN2)cc1C(=O)NC1(c2cc(-c3cncc(N4CCOCC4)c3)cc3ncccc23)CC1. The molecule has 2 aromatic heterocycles. The van der Waals surface area contributed by atoms with Gasteiger partial charge in [0.15, 0.2) is 0 Å². The number of aryl methyl sites for hydroxylation is 1. The fourth-order valence-corrected chi connectivity index (χ4v) is 5.82. The van der Waals surface area contributed by atoms with Gasteiger partial charge in [-0.05, 0) is 85.8 Å². The summed E-state index contributed by atoms with van der Waals surface area (Å²) < 4.78 is 11.5. The smallest absolute Gasteiger partial charge is 0.252 e. The first-order valence-electron chi connectivity index (χ1n) is 14.5. The highest BCUT2D eigenvalue weighted by atomic mass is 16.5. The molecule has 3 aliphatic rings. The molecule has 7 rings (SSSR count). The summed E-state index contributed by atoms with van der Waals surface area (Å²) in [6, 6.07) is 16.8. The first-order chi connectivity index (χ1) is 20.1. The Morgan fingerprint density at radius 3 is 2.76 bits per heavy atom. The minimum Gasteiger partial charge on any atom is -0.492 e. The minimum atomic E-state index is -0.442. The largest absolute Gasteiger partial charge is 0.492 e. The normalized spacial score (nSPS) is 19.4. The third kappa shape index (κ3) is 5.25. The predicted molar refractivity (Wildman–Crippen MR) is 159 cm³/mol. The molecule has 2 aromatic carbocycles. The molecule has 0 spiro atoms. The van der Waals surface area contributed by atoms with Crippen LogP contribution in [-0.4, -0.2) is 61.4 Å². The molecule has 1 amide bonds. The molecule has 4 aromatic rings. The number of pyridine rings is 2. The molecule has 8 heteroatoms. The molecule has 1 atom stereocenters.